The number of rotatable bonds is 6. The molecule has 232 valence electrons. The van der Waals surface area contributed by atoms with Gasteiger partial charge in [-0.05, 0) is 76.8 Å². The van der Waals surface area contributed by atoms with E-state index in [9.17, 15) is 14.4 Å². The highest BCUT2D eigenvalue weighted by atomic mass is 79.9. The zero-order chi connectivity index (χ0) is 31.1. The molecule has 7 rings (SSSR count). The molecule has 0 saturated carbocycles. The van der Waals surface area contributed by atoms with Crippen molar-refractivity contribution in [2.75, 3.05) is 61.5 Å². The number of hydrogen-bond acceptors (Lipinski definition) is 7. The normalized spacial score (nSPS) is 19.2. The maximum atomic E-state index is 13.8. The van der Waals surface area contributed by atoms with Crippen molar-refractivity contribution in [3.8, 4) is 5.75 Å². The summed E-state index contributed by atoms with van der Waals surface area (Å²) in [5, 5.41) is 3.03. The molecule has 0 spiro atoms. The molecule has 2 amide bonds. The van der Waals surface area contributed by atoms with Crippen LogP contribution in [-0.2, 0) is 6.54 Å². The van der Waals surface area contributed by atoms with E-state index in [4.69, 9.17) is 9.15 Å². The standard InChI is InChI=1S/C34H34BrN5O5/c1-44-29-7-3-2-5-28(29)37-13-15-38(16-14-37)34(43)23-9-10-27(25(18-23)36-33(42)30-11-12-31(35)45-30)39-19-22-17-24(21-39)26-6-4-8-32(41)40(26)20-22/h2-12,18,22,24H,13-17,19-21H2,1H3,(H,36,42)/t22-,24+/m1/s1. The topological polar surface area (TPSA) is 100 Å². The summed E-state index contributed by atoms with van der Waals surface area (Å²) in [6.45, 7) is 4.61. The molecular formula is C34H34BrN5O5. The quantitative estimate of drug-likeness (QED) is 0.306. The molecule has 2 saturated heterocycles. The molecule has 4 aromatic rings. The van der Waals surface area contributed by atoms with Gasteiger partial charge in [0.2, 0.25) is 0 Å². The van der Waals surface area contributed by atoms with Gasteiger partial charge in [0.25, 0.3) is 17.4 Å². The van der Waals surface area contributed by atoms with Crippen molar-refractivity contribution in [2.45, 2.75) is 18.9 Å². The molecule has 0 unspecified atom stereocenters. The first-order valence-corrected chi connectivity index (χ1v) is 16.0. The lowest BCUT2D eigenvalue weighted by molar-refractivity contribution is 0.0746. The SMILES string of the molecule is COc1ccccc1N1CCN(C(=O)c2ccc(N3C[C@H]4C[C@@H](C3)c3cccc(=O)n3C4)c(NC(=O)c3ccc(Br)o3)c2)CC1. The molecule has 3 aliphatic rings. The summed E-state index contributed by atoms with van der Waals surface area (Å²) in [5.41, 5.74) is 4.01. The molecule has 0 radical (unpaired) electrons. The molecule has 2 aromatic carbocycles. The Morgan fingerprint density at radius 1 is 0.889 bits per heavy atom. The van der Waals surface area contributed by atoms with Crippen LogP contribution in [0.5, 0.6) is 5.75 Å². The second kappa shape index (κ2) is 12.1. The molecule has 3 aliphatic heterocycles. The molecule has 5 heterocycles. The molecule has 2 fully saturated rings. The number of carbonyl (C=O) groups excluding carboxylic acids is 2. The lowest BCUT2D eigenvalue weighted by atomic mass is 9.83. The van der Waals surface area contributed by atoms with Gasteiger partial charge in [0.1, 0.15) is 5.75 Å². The lowest BCUT2D eigenvalue weighted by Crippen LogP contribution is -2.49. The Morgan fingerprint density at radius 3 is 2.49 bits per heavy atom. The number of furan rings is 1. The molecular weight excluding hydrogens is 638 g/mol. The fraction of sp³-hybridized carbons (Fsp3) is 0.324. The van der Waals surface area contributed by atoms with Crippen LogP contribution in [0.2, 0.25) is 0 Å². The minimum atomic E-state index is -0.397. The summed E-state index contributed by atoms with van der Waals surface area (Å²) >= 11 is 3.27. The number of benzene rings is 2. The van der Waals surface area contributed by atoms with Gasteiger partial charge in [-0.3, -0.25) is 14.4 Å². The van der Waals surface area contributed by atoms with Crippen LogP contribution in [0, 0.1) is 5.92 Å². The van der Waals surface area contributed by atoms with Crippen LogP contribution in [0.3, 0.4) is 0 Å². The number of halogens is 1. The number of methoxy groups -OCH3 is 1. The lowest BCUT2D eigenvalue weighted by Gasteiger charge is -2.44. The third-order valence-corrected chi connectivity index (χ3v) is 9.53. The Bertz CT molecular complexity index is 1810. The Kier molecular flexibility index (Phi) is 7.87. The Hall–Kier alpha value is -4.51. The summed E-state index contributed by atoms with van der Waals surface area (Å²) in [6.07, 6.45) is 1.01. The van der Waals surface area contributed by atoms with E-state index >= 15 is 0 Å². The predicted octanol–water partition coefficient (Wildman–Crippen LogP) is 5.05. The third-order valence-electron chi connectivity index (χ3n) is 9.10. The molecule has 2 atom stereocenters. The van der Waals surface area contributed by atoms with Gasteiger partial charge in [0.15, 0.2) is 10.4 Å². The van der Waals surface area contributed by atoms with E-state index in [0.717, 1.165) is 35.8 Å². The minimum Gasteiger partial charge on any atom is -0.495 e. The van der Waals surface area contributed by atoms with Gasteiger partial charge in [0, 0.05) is 69.1 Å². The molecule has 2 bridgehead atoms. The van der Waals surface area contributed by atoms with E-state index < -0.39 is 5.91 Å². The van der Waals surface area contributed by atoms with Crippen LogP contribution in [0.1, 0.15) is 38.9 Å². The molecule has 1 N–H and O–H groups in total. The zero-order valence-corrected chi connectivity index (χ0v) is 26.5. The summed E-state index contributed by atoms with van der Waals surface area (Å²) in [7, 11) is 1.67. The molecule has 11 heteroatoms. The number of piperazine rings is 1. The maximum Gasteiger partial charge on any atom is 0.291 e. The number of anilines is 3. The monoisotopic (exact) mass is 671 g/mol. The highest BCUT2D eigenvalue weighted by Crippen LogP contribution is 2.39. The number of amides is 2. The predicted molar refractivity (Wildman–Crippen MR) is 176 cm³/mol. The fourth-order valence-electron chi connectivity index (χ4n) is 6.98. The summed E-state index contributed by atoms with van der Waals surface area (Å²) in [4.78, 5) is 46.0. The third kappa shape index (κ3) is 5.72. The minimum absolute atomic E-state index is 0.0415. The van der Waals surface area contributed by atoms with Crippen LogP contribution in [-0.4, -0.2) is 67.7 Å². The Balaban J connectivity index is 1.14. The van der Waals surface area contributed by atoms with Gasteiger partial charge in [-0.15, -0.1) is 0 Å². The first-order chi connectivity index (χ1) is 21.9. The fourth-order valence-corrected chi connectivity index (χ4v) is 7.29. The van der Waals surface area contributed by atoms with Crippen molar-refractivity contribution >= 4 is 44.8 Å². The van der Waals surface area contributed by atoms with Crippen molar-refractivity contribution in [1.82, 2.24) is 9.47 Å². The van der Waals surface area contributed by atoms with Crippen LogP contribution in [0.4, 0.5) is 17.1 Å². The Labute approximate surface area is 269 Å². The molecule has 45 heavy (non-hydrogen) atoms. The van der Waals surface area contributed by atoms with Crippen molar-refractivity contribution in [2.24, 2.45) is 5.92 Å². The van der Waals surface area contributed by atoms with Gasteiger partial charge in [-0.25, -0.2) is 0 Å². The average molecular weight is 673 g/mol. The maximum absolute atomic E-state index is 13.8. The van der Waals surface area contributed by atoms with Gasteiger partial charge in [-0.1, -0.05) is 18.2 Å². The number of nitrogens with zero attached hydrogens (tertiary/aromatic N) is 4. The van der Waals surface area contributed by atoms with E-state index in [1.54, 1.807) is 31.4 Å². The van der Waals surface area contributed by atoms with Crippen molar-refractivity contribution in [1.29, 1.82) is 0 Å². The number of nitrogens with one attached hydrogen (secondary N) is 1. The smallest absolute Gasteiger partial charge is 0.291 e. The number of hydrogen-bond donors (Lipinski definition) is 1. The van der Waals surface area contributed by atoms with Crippen molar-refractivity contribution in [3.63, 3.8) is 0 Å². The van der Waals surface area contributed by atoms with Gasteiger partial charge in [0.05, 0.1) is 24.2 Å². The number of aromatic nitrogens is 1. The van der Waals surface area contributed by atoms with Crippen LogP contribution >= 0.6 is 15.9 Å². The van der Waals surface area contributed by atoms with Crippen molar-refractivity contribution in [3.05, 3.63) is 105 Å². The zero-order valence-electron chi connectivity index (χ0n) is 24.9. The van der Waals surface area contributed by atoms with Crippen LogP contribution < -0.4 is 25.4 Å². The number of piperidine rings is 1. The highest BCUT2D eigenvalue weighted by molar-refractivity contribution is 9.10. The second-order valence-corrected chi connectivity index (χ2v) is 12.6. The van der Waals surface area contributed by atoms with Crippen LogP contribution in [0.15, 0.2) is 86.7 Å². The van der Waals surface area contributed by atoms with E-state index in [0.29, 0.717) is 61.1 Å². The first kappa shape index (κ1) is 29.2. The van der Waals surface area contributed by atoms with E-state index in [2.05, 4.69) is 31.0 Å². The van der Waals surface area contributed by atoms with Gasteiger partial charge >= 0.3 is 0 Å². The second-order valence-electron chi connectivity index (χ2n) is 11.8. The van der Waals surface area contributed by atoms with Crippen molar-refractivity contribution < 1.29 is 18.7 Å². The largest absolute Gasteiger partial charge is 0.495 e. The number of fused-ring (bicyclic) bond motifs is 4. The molecule has 0 aliphatic carbocycles. The Morgan fingerprint density at radius 2 is 1.71 bits per heavy atom. The number of para-hydroxylation sites is 2. The van der Waals surface area contributed by atoms with Gasteiger partial charge < -0.3 is 33.7 Å². The number of pyridine rings is 1. The van der Waals surface area contributed by atoms with Gasteiger partial charge in [-0.2, -0.15) is 0 Å². The van der Waals surface area contributed by atoms with E-state index in [1.807, 2.05) is 58.0 Å². The summed E-state index contributed by atoms with van der Waals surface area (Å²) < 4.78 is 13.4. The van der Waals surface area contributed by atoms with E-state index in [1.165, 1.54) is 0 Å². The summed E-state index contributed by atoms with van der Waals surface area (Å²) in [6, 6.07) is 22.3. The summed E-state index contributed by atoms with van der Waals surface area (Å²) in [5.74, 6) is 0.987. The highest BCUT2D eigenvalue weighted by Gasteiger charge is 2.36. The van der Waals surface area contributed by atoms with E-state index in [-0.39, 0.29) is 23.1 Å². The average Bonchev–Trinajstić information content (AvgIpc) is 3.51. The number of carbonyl (C=O) groups is 2. The van der Waals surface area contributed by atoms with Crippen LogP contribution in [0.25, 0.3) is 0 Å². The number of ether oxygens (including phenoxy) is 1. The molecule has 2 aromatic heterocycles. The first-order valence-electron chi connectivity index (χ1n) is 15.2. The molecule has 10 nitrogen and oxygen atoms in total.